The molecular formula is C23H29N3O5. The number of piperidine rings is 3. The van der Waals surface area contributed by atoms with Crippen LogP contribution in [0.2, 0.25) is 0 Å². The number of rotatable bonds is 2. The number of carbonyl (C=O) groups excluding carboxylic acids is 3. The van der Waals surface area contributed by atoms with Crippen LogP contribution in [-0.4, -0.2) is 83.9 Å². The molecular weight excluding hydrogens is 398 g/mol. The van der Waals surface area contributed by atoms with E-state index in [9.17, 15) is 14.4 Å². The summed E-state index contributed by atoms with van der Waals surface area (Å²) in [5, 5.41) is 0. The molecule has 0 aromatic carbocycles. The topological polar surface area (TPSA) is 83.3 Å². The molecule has 0 unspecified atom stereocenters. The van der Waals surface area contributed by atoms with Crippen molar-refractivity contribution < 1.29 is 23.5 Å². The first-order valence-electron chi connectivity index (χ1n) is 11.6. The van der Waals surface area contributed by atoms with Crippen LogP contribution in [0.5, 0.6) is 0 Å². The highest BCUT2D eigenvalue weighted by Gasteiger charge is 2.54. The standard InChI is InChI=1S/C23H29N3O5/c27-20-3-1-2-19-15-6-16(8-24(7-15)22(28)14-4-5-30-11-14)21(26(19)20)23(29)25-9-17-12-31-13-18(17)10-25/h4-5,11,15-19,21H,1-3,6-10,12-13H2/t15-,16+,17-,18+,19+,21-/m1/s1. The molecule has 0 N–H and O–H groups in total. The van der Waals surface area contributed by atoms with E-state index in [4.69, 9.17) is 9.15 Å². The van der Waals surface area contributed by atoms with Crippen molar-refractivity contribution in [3.8, 4) is 0 Å². The minimum absolute atomic E-state index is 0.0166. The number of furan rings is 1. The summed E-state index contributed by atoms with van der Waals surface area (Å²) in [6, 6.07) is 1.29. The van der Waals surface area contributed by atoms with Gasteiger partial charge in [-0.15, -0.1) is 0 Å². The molecule has 8 nitrogen and oxygen atoms in total. The van der Waals surface area contributed by atoms with Crippen molar-refractivity contribution in [2.75, 3.05) is 39.4 Å². The van der Waals surface area contributed by atoms with Crippen LogP contribution in [0.25, 0.3) is 0 Å². The van der Waals surface area contributed by atoms with Gasteiger partial charge in [-0.05, 0) is 31.2 Å². The summed E-state index contributed by atoms with van der Waals surface area (Å²) < 4.78 is 10.7. The third-order valence-corrected chi connectivity index (χ3v) is 8.20. The predicted octanol–water partition coefficient (Wildman–Crippen LogP) is 1.23. The van der Waals surface area contributed by atoms with Gasteiger partial charge in [0.2, 0.25) is 11.8 Å². The highest BCUT2D eigenvalue weighted by atomic mass is 16.5. The molecule has 5 fully saturated rings. The SMILES string of the molecule is O=C(c1ccoc1)N1C[C@H]2C[C@@H](C1)[C@H](C(=O)N1C[C@H]3COC[C@H]3C1)N1C(=O)CCC[C@@H]21. The second-order valence-corrected chi connectivity index (χ2v) is 9.98. The van der Waals surface area contributed by atoms with E-state index < -0.39 is 6.04 Å². The van der Waals surface area contributed by atoms with Crippen molar-refractivity contribution >= 4 is 17.7 Å². The summed E-state index contributed by atoms with van der Waals surface area (Å²) in [7, 11) is 0. The molecule has 6 atom stereocenters. The van der Waals surface area contributed by atoms with Gasteiger partial charge in [0.15, 0.2) is 0 Å². The number of amides is 3. The highest BCUT2D eigenvalue weighted by Crippen LogP contribution is 2.43. The van der Waals surface area contributed by atoms with Gasteiger partial charge < -0.3 is 23.9 Å². The van der Waals surface area contributed by atoms with E-state index in [1.54, 1.807) is 6.07 Å². The van der Waals surface area contributed by atoms with Crippen molar-refractivity contribution in [2.45, 2.75) is 37.8 Å². The zero-order chi connectivity index (χ0) is 21.1. The van der Waals surface area contributed by atoms with E-state index >= 15 is 0 Å². The fourth-order valence-corrected chi connectivity index (χ4v) is 6.76. The van der Waals surface area contributed by atoms with Crippen LogP contribution in [0, 0.1) is 23.7 Å². The summed E-state index contributed by atoms with van der Waals surface area (Å²) in [4.78, 5) is 45.7. The lowest BCUT2D eigenvalue weighted by molar-refractivity contribution is -0.164. The number of likely N-dealkylation sites (tertiary alicyclic amines) is 2. The molecule has 8 heteroatoms. The molecule has 1 aromatic rings. The Kier molecular flexibility index (Phi) is 4.59. The van der Waals surface area contributed by atoms with Crippen LogP contribution >= 0.6 is 0 Å². The number of ether oxygens (including phenoxy) is 1. The van der Waals surface area contributed by atoms with E-state index in [2.05, 4.69) is 0 Å². The summed E-state index contributed by atoms with van der Waals surface area (Å²) in [6.45, 7) is 4.05. The first-order chi connectivity index (χ1) is 15.1. The van der Waals surface area contributed by atoms with Gasteiger partial charge in [0.1, 0.15) is 12.3 Å². The van der Waals surface area contributed by atoms with Gasteiger partial charge >= 0.3 is 0 Å². The quantitative estimate of drug-likeness (QED) is 0.709. The molecule has 0 aliphatic carbocycles. The van der Waals surface area contributed by atoms with Crippen LogP contribution in [0.15, 0.2) is 23.0 Å². The maximum absolute atomic E-state index is 13.8. The van der Waals surface area contributed by atoms with Gasteiger partial charge in [0.25, 0.3) is 5.91 Å². The number of carbonyl (C=O) groups is 3. The van der Waals surface area contributed by atoms with E-state index in [-0.39, 0.29) is 35.6 Å². The molecule has 3 amide bonds. The van der Waals surface area contributed by atoms with Gasteiger partial charge in [-0.1, -0.05) is 0 Å². The number of hydrogen-bond donors (Lipinski definition) is 0. The molecule has 6 rings (SSSR count). The molecule has 0 saturated carbocycles. The Balaban J connectivity index is 1.29. The van der Waals surface area contributed by atoms with Gasteiger partial charge in [0.05, 0.1) is 25.0 Å². The van der Waals surface area contributed by atoms with E-state index in [1.165, 1.54) is 12.5 Å². The largest absolute Gasteiger partial charge is 0.472 e. The minimum Gasteiger partial charge on any atom is -0.472 e. The fraction of sp³-hybridized carbons (Fsp3) is 0.696. The lowest BCUT2D eigenvalue weighted by atomic mass is 9.71. The second kappa shape index (κ2) is 7.36. The summed E-state index contributed by atoms with van der Waals surface area (Å²) in [6.07, 6.45) is 6.21. The molecule has 1 aromatic heterocycles. The normalized spacial score (nSPS) is 37.0. The molecule has 0 radical (unpaired) electrons. The Labute approximate surface area is 181 Å². The van der Waals surface area contributed by atoms with Crippen molar-refractivity contribution in [1.29, 1.82) is 0 Å². The molecule has 31 heavy (non-hydrogen) atoms. The van der Waals surface area contributed by atoms with Crippen LogP contribution in [0.3, 0.4) is 0 Å². The molecule has 5 aliphatic heterocycles. The third kappa shape index (κ3) is 3.10. The Morgan fingerprint density at radius 2 is 1.71 bits per heavy atom. The van der Waals surface area contributed by atoms with E-state index in [0.717, 1.165) is 45.6 Å². The Bertz CT molecular complexity index is 874. The highest BCUT2D eigenvalue weighted by molar-refractivity contribution is 5.94. The second-order valence-electron chi connectivity index (χ2n) is 9.98. The minimum atomic E-state index is -0.450. The van der Waals surface area contributed by atoms with Crippen molar-refractivity contribution in [3.05, 3.63) is 24.2 Å². The van der Waals surface area contributed by atoms with Crippen molar-refractivity contribution in [2.24, 2.45) is 23.7 Å². The third-order valence-electron chi connectivity index (χ3n) is 8.20. The van der Waals surface area contributed by atoms with Crippen molar-refractivity contribution in [3.63, 3.8) is 0 Å². The Hall–Kier alpha value is -2.35. The lowest BCUT2D eigenvalue weighted by Crippen LogP contribution is -2.68. The monoisotopic (exact) mass is 427 g/mol. The molecule has 5 saturated heterocycles. The average Bonchev–Trinajstić information content (AvgIpc) is 3.51. The number of fused-ring (bicyclic) bond motifs is 5. The number of hydrogen-bond acceptors (Lipinski definition) is 5. The Morgan fingerprint density at radius 3 is 2.45 bits per heavy atom. The zero-order valence-corrected chi connectivity index (χ0v) is 17.7. The van der Waals surface area contributed by atoms with Crippen LogP contribution < -0.4 is 0 Å². The molecule has 6 heterocycles. The van der Waals surface area contributed by atoms with Gasteiger partial charge in [0, 0.05) is 56.4 Å². The van der Waals surface area contributed by atoms with E-state index in [0.29, 0.717) is 36.9 Å². The number of nitrogens with zero attached hydrogens (tertiary/aromatic N) is 3. The molecule has 2 bridgehead atoms. The fourth-order valence-electron chi connectivity index (χ4n) is 6.76. The predicted molar refractivity (Wildman–Crippen MR) is 109 cm³/mol. The van der Waals surface area contributed by atoms with Crippen LogP contribution in [0.4, 0.5) is 0 Å². The summed E-state index contributed by atoms with van der Waals surface area (Å²) in [5.74, 6) is 1.19. The molecule has 0 spiro atoms. The summed E-state index contributed by atoms with van der Waals surface area (Å²) in [5.41, 5.74) is 0.548. The van der Waals surface area contributed by atoms with Crippen molar-refractivity contribution in [1.82, 2.24) is 14.7 Å². The van der Waals surface area contributed by atoms with Gasteiger partial charge in [-0.25, -0.2) is 0 Å². The van der Waals surface area contributed by atoms with Crippen LogP contribution in [0.1, 0.15) is 36.0 Å². The maximum atomic E-state index is 13.8. The molecule has 166 valence electrons. The Morgan fingerprint density at radius 1 is 0.968 bits per heavy atom. The van der Waals surface area contributed by atoms with E-state index in [1.807, 2.05) is 14.7 Å². The van der Waals surface area contributed by atoms with Gasteiger partial charge in [-0.3, -0.25) is 14.4 Å². The zero-order valence-electron chi connectivity index (χ0n) is 17.7. The summed E-state index contributed by atoms with van der Waals surface area (Å²) >= 11 is 0. The first kappa shape index (κ1) is 19.3. The van der Waals surface area contributed by atoms with Gasteiger partial charge in [-0.2, -0.15) is 0 Å². The lowest BCUT2D eigenvalue weighted by Gasteiger charge is -2.56. The first-order valence-corrected chi connectivity index (χ1v) is 11.6. The maximum Gasteiger partial charge on any atom is 0.257 e. The smallest absolute Gasteiger partial charge is 0.257 e. The average molecular weight is 428 g/mol. The van der Waals surface area contributed by atoms with Crippen LogP contribution in [-0.2, 0) is 14.3 Å². The molecule has 5 aliphatic rings.